The topological polar surface area (TPSA) is 49.8 Å². The van der Waals surface area contributed by atoms with Gasteiger partial charge in [0, 0.05) is 25.6 Å². The number of unbranched alkanes of at least 4 members (excludes halogenated alkanes) is 2. The molecule has 1 heterocycles. The molecule has 0 fully saturated rings. The van der Waals surface area contributed by atoms with Crippen molar-refractivity contribution < 1.29 is 0 Å². The van der Waals surface area contributed by atoms with Crippen LogP contribution in [0.5, 0.6) is 0 Å². The number of anilines is 2. The Bertz CT molecular complexity index is 427. The number of hydrogen-bond donors (Lipinski definition) is 2. The van der Waals surface area contributed by atoms with Crippen LogP contribution < -0.4 is 10.6 Å². The predicted octanol–water partition coefficient (Wildman–Crippen LogP) is 4.66. The summed E-state index contributed by atoms with van der Waals surface area (Å²) in [7, 11) is 1.89. The first-order valence-corrected chi connectivity index (χ1v) is 8.18. The van der Waals surface area contributed by atoms with Crippen LogP contribution in [0.25, 0.3) is 0 Å². The van der Waals surface area contributed by atoms with Crippen molar-refractivity contribution in [3.05, 3.63) is 11.9 Å². The highest BCUT2D eigenvalue weighted by molar-refractivity contribution is 5.47. The van der Waals surface area contributed by atoms with Crippen molar-refractivity contribution in [2.75, 3.05) is 24.2 Å². The first kappa shape index (κ1) is 17.7. The van der Waals surface area contributed by atoms with Gasteiger partial charge in [-0.05, 0) is 11.8 Å². The van der Waals surface area contributed by atoms with Crippen molar-refractivity contribution in [3.8, 4) is 0 Å². The summed E-state index contributed by atoms with van der Waals surface area (Å²) in [4.78, 5) is 9.11. The minimum atomic E-state index is 0.290. The fraction of sp³-hybridized carbons (Fsp3) is 0.765. The average Bonchev–Trinajstić information content (AvgIpc) is 2.45. The quantitative estimate of drug-likeness (QED) is 0.650. The Morgan fingerprint density at radius 2 is 1.81 bits per heavy atom. The maximum atomic E-state index is 4.62. The van der Waals surface area contributed by atoms with Crippen LogP contribution in [0, 0.1) is 5.41 Å². The van der Waals surface area contributed by atoms with Crippen LogP contribution >= 0.6 is 0 Å². The van der Waals surface area contributed by atoms with Crippen LogP contribution in [-0.2, 0) is 0 Å². The van der Waals surface area contributed by atoms with Crippen molar-refractivity contribution in [2.45, 2.75) is 66.2 Å². The van der Waals surface area contributed by atoms with Crippen molar-refractivity contribution in [2.24, 2.45) is 5.41 Å². The Labute approximate surface area is 130 Å². The standard InChI is InChI=1S/C17H32N4/c1-7-8-9-10-17(4,5)12-19-15-11-14(18-6)20-16(21-15)13(2)3/h11,13H,7-10,12H2,1-6H3,(H2,18,19,20,21). The van der Waals surface area contributed by atoms with Crippen molar-refractivity contribution in [1.82, 2.24) is 9.97 Å². The summed E-state index contributed by atoms with van der Waals surface area (Å²) in [5.74, 6) is 3.01. The highest BCUT2D eigenvalue weighted by Crippen LogP contribution is 2.25. The smallest absolute Gasteiger partial charge is 0.135 e. The second-order valence-electron chi connectivity index (χ2n) is 6.88. The molecular formula is C17H32N4. The normalized spacial score (nSPS) is 11.8. The molecule has 0 aliphatic heterocycles. The molecule has 4 heteroatoms. The Kier molecular flexibility index (Phi) is 6.93. The van der Waals surface area contributed by atoms with Gasteiger partial charge in [-0.2, -0.15) is 0 Å². The number of rotatable bonds is 9. The second-order valence-corrected chi connectivity index (χ2v) is 6.88. The third-order valence-corrected chi connectivity index (χ3v) is 3.72. The Balaban J connectivity index is 2.67. The molecule has 1 aromatic rings. The molecule has 0 radical (unpaired) electrons. The van der Waals surface area contributed by atoms with Crippen molar-refractivity contribution in [3.63, 3.8) is 0 Å². The van der Waals surface area contributed by atoms with E-state index in [1.54, 1.807) is 0 Å². The highest BCUT2D eigenvalue weighted by Gasteiger charge is 2.17. The van der Waals surface area contributed by atoms with E-state index in [4.69, 9.17) is 0 Å². The molecular weight excluding hydrogens is 260 g/mol. The fourth-order valence-electron chi connectivity index (χ4n) is 2.21. The van der Waals surface area contributed by atoms with Gasteiger partial charge >= 0.3 is 0 Å². The van der Waals surface area contributed by atoms with Gasteiger partial charge in [0.2, 0.25) is 0 Å². The van der Waals surface area contributed by atoms with Crippen LogP contribution in [-0.4, -0.2) is 23.6 Å². The lowest BCUT2D eigenvalue weighted by Gasteiger charge is -2.25. The zero-order chi connectivity index (χ0) is 15.9. The summed E-state index contributed by atoms with van der Waals surface area (Å²) in [5.41, 5.74) is 0.290. The first-order valence-electron chi connectivity index (χ1n) is 8.18. The van der Waals surface area contributed by atoms with Crippen LogP contribution in [0.2, 0.25) is 0 Å². The minimum Gasteiger partial charge on any atom is -0.373 e. The van der Waals surface area contributed by atoms with E-state index in [1.807, 2.05) is 13.1 Å². The number of nitrogens with one attached hydrogen (secondary N) is 2. The van der Waals surface area contributed by atoms with Gasteiger partial charge in [0.15, 0.2) is 0 Å². The molecule has 0 unspecified atom stereocenters. The van der Waals surface area contributed by atoms with Gasteiger partial charge in [-0.25, -0.2) is 9.97 Å². The fourth-order valence-corrected chi connectivity index (χ4v) is 2.21. The van der Waals surface area contributed by atoms with Gasteiger partial charge < -0.3 is 10.6 Å². The molecule has 1 rings (SSSR count). The first-order chi connectivity index (χ1) is 9.88. The van der Waals surface area contributed by atoms with Gasteiger partial charge in [0.25, 0.3) is 0 Å². The second kappa shape index (κ2) is 8.20. The van der Waals surface area contributed by atoms with E-state index in [2.05, 4.69) is 55.2 Å². The summed E-state index contributed by atoms with van der Waals surface area (Å²) in [6.07, 6.45) is 5.14. The van der Waals surface area contributed by atoms with Crippen LogP contribution in [0.15, 0.2) is 6.07 Å². The van der Waals surface area contributed by atoms with Gasteiger partial charge in [0.1, 0.15) is 17.5 Å². The molecule has 0 atom stereocenters. The molecule has 0 aliphatic rings. The molecule has 0 saturated heterocycles. The van der Waals surface area contributed by atoms with E-state index < -0.39 is 0 Å². The summed E-state index contributed by atoms with van der Waals surface area (Å²) in [6.45, 7) is 12.1. The molecule has 21 heavy (non-hydrogen) atoms. The largest absolute Gasteiger partial charge is 0.373 e. The van der Waals surface area contributed by atoms with Crippen molar-refractivity contribution in [1.29, 1.82) is 0 Å². The Morgan fingerprint density at radius 1 is 1.14 bits per heavy atom. The monoisotopic (exact) mass is 292 g/mol. The van der Waals surface area contributed by atoms with Crippen LogP contribution in [0.4, 0.5) is 11.6 Å². The lowest BCUT2D eigenvalue weighted by molar-refractivity contribution is 0.342. The molecule has 0 amide bonds. The third kappa shape index (κ3) is 6.32. The highest BCUT2D eigenvalue weighted by atomic mass is 15.1. The maximum Gasteiger partial charge on any atom is 0.135 e. The lowest BCUT2D eigenvalue weighted by Crippen LogP contribution is -2.23. The SMILES string of the molecule is CCCCCC(C)(C)CNc1cc(NC)nc(C(C)C)n1. The van der Waals surface area contributed by atoms with Crippen LogP contribution in [0.3, 0.4) is 0 Å². The zero-order valence-corrected chi connectivity index (χ0v) is 14.6. The van der Waals surface area contributed by atoms with Gasteiger partial charge in [-0.1, -0.05) is 53.9 Å². The molecule has 0 aliphatic carbocycles. The van der Waals surface area contributed by atoms with Gasteiger partial charge in [-0.3, -0.25) is 0 Å². The van der Waals surface area contributed by atoms with E-state index >= 15 is 0 Å². The molecule has 2 N–H and O–H groups in total. The van der Waals surface area contributed by atoms with Gasteiger partial charge in [-0.15, -0.1) is 0 Å². The maximum absolute atomic E-state index is 4.62. The number of hydrogen-bond acceptors (Lipinski definition) is 4. The number of nitrogens with zero attached hydrogens (tertiary/aromatic N) is 2. The molecule has 0 saturated carbocycles. The minimum absolute atomic E-state index is 0.290. The van der Waals surface area contributed by atoms with E-state index in [-0.39, 0.29) is 5.41 Å². The Hall–Kier alpha value is -1.32. The molecule has 0 bridgehead atoms. The Morgan fingerprint density at radius 3 is 2.38 bits per heavy atom. The van der Waals surface area contributed by atoms with Gasteiger partial charge in [0.05, 0.1) is 0 Å². The van der Waals surface area contributed by atoms with Crippen LogP contribution in [0.1, 0.15) is 72.0 Å². The molecule has 0 aromatic carbocycles. The van der Waals surface area contributed by atoms with E-state index in [1.165, 1.54) is 25.7 Å². The summed E-state index contributed by atoms with van der Waals surface area (Å²) in [5, 5.41) is 6.60. The van der Waals surface area contributed by atoms with E-state index in [0.29, 0.717) is 5.92 Å². The average molecular weight is 292 g/mol. The summed E-state index contributed by atoms with van der Waals surface area (Å²) < 4.78 is 0. The molecule has 0 spiro atoms. The lowest BCUT2D eigenvalue weighted by atomic mass is 9.87. The zero-order valence-electron chi connectivity index (χ0n) is 14.6. The van der Waals surface area contributed by atoms with E-state index in [9.17, 15) is 0 Å². The molecule has 4 nitrogen and oxygen atoms in total. The van der Waals surface area contributed by atoms with Crippen molar-refractivity contribution >= 4 is 11.6 Å². The van der Waals surface area contributed by atoms with E-state index in [0.717, 1.165) is 24.0 Å². The summed E-state index contributed by atoms with van der Waals surface area (Å²) in [6, 6.07) is 1.98. The predicted molar refractivity (Wildman–Crippen MR) is 92.1 cm³/mol. The molecule has 120 valence electrons. The molecule has 1 aromatic heterocycles. The third-order valence-electron chi connectivity index (χ3n) is 3.72. The summed E-state index contributed by atoms with van der Waals surface area (Å²) >= 11 is 0. The number of aromatic nitrogens is 2.